The van der Waals surface area contributed by atoms with Crippen LogP contribution in [0.1, 0.15) is 55.7 Å². The van der Waals surface area contributed by atoms with Gasteiger partial charge in [0.05, 0.1) is 11.4 Å². The molecule has 45 heavy (non-hydrogen) atoms. The highest BCUT2D eigenvalue weighted by molar-refractivity contribution is 7.99. The van der Waals surface area contributed by atoms with Crippen LogP contribution in [0.15, 0.2) is 84.0 Å². The van der Waals surface area contributed by atoms with E-state index in [-0.39, 0.29) is 23.8 Å². The molecule has 1 aliphatic rings. The van der Waals surface area contributed by atoms with E-state index in [1.54, 1.807) is 0 Å². The van der Waals surface area contributed by atoms with Gasteiger partial charge in [-0.2, -0.15) is 0 Å². The van der Waals surface area contributed by atoms with E-state index < -0.39 is 0 Å². The predicted molar refractivity (Wildman–Crippen MR) is 180 cm³/mol. The topological polar surface area (TPSA) is 84.2 Å². The van der Waals surface area contributed by atoms with Crippen molar-refractivity contribution in [2.75, 3.05) is 25.4 Å². The fraction of sp³-hybridized carbons (Fsp3) is 0.361. The van der Waals surface area contributed by atoms with Crippen LogP contribution in [0.4, 0.5) is 0 Å². The molecule has 232 valence electrons. The summed E-state index contributed by atoms with van der Waals surface area (Å²) in [5.41, 5.74) is 6.15. The molecule has 0 radical (unpaired) electrons. The SMILES string of the molecule is CCC(C(=O)N1CCN(C(=O)CCCSc2nnc3c4cc(C)ccc4n(Cc4ccccc4)c3n2)CC1C)c1ccccc1. The zero-order valence-electron chi connectivity index (χ0n) is 26.2. The van der Waals surface area contributed by atoms with Gasteiger partial charge in [0, 0.05) is 49.8 Å². The van der Waals surface area contributed by atoms with Crippen LogP contribution in [0.3, 0.4) is 0 Å². The Balaban J connectivity index is 1.05. The Labute approximate surface area is 268 Å². The van der Waals surface area contributed by atoms with Crippen molar-refractivity contribution < 1.29 is 9.59 Å². The van der Waals surface area contributed by atoms with Gasteiger partial charge in [0.25, 0.3) is 0 Å². The van der Waals surface area contributed by atoms with Crippen LogP contribution in [0.5, 0.6) is 0 Å². The first-order valence-electron chi connectivity index (χ1n) is 15.9. The van der Waals surface area contributed by atoms with Crippen LogP contribution < -0.4 is 0 Å². The number of rotatable bonds is 10. The van der Waals surface area contributed by atoms with Gasteiger partial charge >= 0.3 is 0 Å². The number of aryl methyl sites for hydroxylation is 1. The van der Waals surface area contributed by atoms with Crippen molar-refractivity contribution in [1.29, 1.82) is 0 Å². The number of aromatic nitrogens is 4. The first-order chi connectivity index (χ1) is 21.9. The molecule has 2 atom stereocenters. The minimum Gasteiger partial charge on any atom is -0.339 e. The van der Waals surface area contributed by atoms with Gasteiger partial charge in [-0.3, -0.25) is 9.59 Å². The van der Waals surface area contributed by atoms with Crippen molar-refractivity contribution in [2.45, 2.75) is 63.7 Å². The average Bonchev–Trinajstić information content (AvgIpc) is 3.35. The maximum atomic E-state index is 13.4. The molecule has 0 bridgehead atoms. The maximum absolute atomic E-state index is 13.4. The molecule has 9 heteroatoms. The average molecular weight is 621 g/mol. The van der Waals surface area contributed by atoms with Crippen LogP contribution in [0.2, 0.25) is 0 Å². The second kappa shape index (κ2) is 13.8. The quantitative estimate of drug-likeness (QED) is 0.132. The zero-order chi connectivity index (χ0) is 31.3. The third-order valence-electron chi connectivity index (χ3n) is 8.72. The van der Waals surface area contributed by atoms with Gasteiger partial charge in [-0.25, -0.2) is 4.98 Å². The molecule has 0 aliphatic carbocycles. The molecule has 0 spiro atoms. The second-order valence-corrected chi connectivity index (χ2v) is 13.0. The van der Waals surface area contributed by atoms with E-state index in [0.29, 0.717) is 37.8 Å². The van der Waals surface area contributed by atoms with Gasteiger partial charge in [-0.05, 0) is 49.9 Å². The van der Waals surface area contributed by atoms with Crippen molar-refractivity contribution in [3.8, 4) is 0 Å². The normalized spacial score (nSPS) is 15.9. The van der Waals surface area contributed by atoms with Crippen molar-refractivity contribution in [3.63, 3.8) is 0 Å². The summed E-state index contributed by atoms with van der Waals surface area (Å²) in [5.74, 6) is 0.869. The highest BCUT2D eigenvalue weighted by atomic mass is 32.2. The molecule has 8 nitrogen and oxygen atoms in total. The van der Waals surface area contributed by atoms with E-state index in [4.69, 9.17) is 4.98 Å². The van der Waals surface area contributed by atoms with Gasteiger partial charge in [-0.15, -0.1) is 10.2 Å². The van der Waals surface area contributed by atoms with E-state index in [0.717, 1.165) is 46.2 Å². The lowest BCUT2D eigenvalue weighted by Crippen LogP contribution is -2.56. The van der Waals surface area contributed by atoms with Gasteiger partial charge in [0.1, 0.15) is 5.52 Å². The third kappa shape index (κ3) is 6.73. The molecule has 3 aromatic carbocycles. The summed E-state index contributed by atoms with van der Waals surface area (Å²) < 4.78 is 2.22. The Hall–Kier alpha value is -4.24. The van der Waals surface area contributed by atoms with Gasteiger partial charge in [0.15, 0.2) is 5.65 Å². The summed E-state index contributed by atoms with van der Waals surface area (Å²) >= 11 is 1.54. The largest absolute Gasteiger partial charge is 0.339 e. The molecule has 2 amide bonds. The Bertz CT molecular complexity index is 1790. The molecule has 3 heterocycles. The molecule has 1 aliphatic heterocycles. The molecule has 2 aromatic heterocycles. The van der Waals surface area contributed by atoms with E-state index in [1.807, 2.05) is 53.1 Å². The highest BCUT2D eigenvalue weighted by Gasteiger charge is 2.33. The van der Waals surface area contributed by atoms with E-state index in [2.05, 4.69) is 71.1 Å². The van der Waals surface area contributed by atoms with Crippen LogP contribution in [0.25, 0.3) is 22.1 Å². The molecule has 1 saturated heterocycles. The zero-order valence-corrected chi connectivity index (χ0v) is 27.0. The summed E-state index contributed by atoms with van der Waals surface area (Å²) in [4.78, 5) is 35.4. The summed E-state index contributed by atoms with van der Waals surface area (Å²) in [6.07, 6.45) is 1.93. The summed E-state index contributed by atoms with van der Waals surface area (Å²) in [6, 6.07) is 26.8. The fourth-order valence-electron chi connectivity index (χ4n) is 6.34. The van der Waals surface area contributed by atoms with Crippen LogP contribution in [-0.2, 0) is 16.1 Å². The first kappa shape index (κ1) is 30.8. The summed E-state index contributed by atoms with van der Waals surface area (Å²) in [6.45, 7) is 8.59. The minimum atomic E-state index is -0.146. The molecule has 0 saturated carbocycles. The number of benzene rings is 3. The van der Waals surface area contributed by atoms with Gasteiger partial charge < -0.3 is 14.4 Å². The number of piperazine rings is 1. The molecule has 1 fully saturated rings. The molecule has 6 rings (SSSR count). The predicted octanol–water partition coefficient (Wildman–Crippen LogP) is 6.46. The van der Waals surface area contributed by atoms with Crippen LogP contribution in [0, 0.1) is 6.92 Å². The highest BCUT2D eigenvalue weighted by Crippen LogP contribution is 2.29. The third-order valence-corrected chi connectivity index (χ3v) is 9.65. The van der Waals surface area contributed by atoms with E-state index in [1.165, 1.54) is 22.9 Å². The van der Waals surface area contributed by atoms with Crippen LogP contribution in [-0.4, -0.2) is 72.8 Å². The lowest BCUT2D eigenvalue weighted by molar-refractivity contribution is -0.143. The summed E-state index contributed by atoms with van der Waals surface area (Å²) in [7, 11) is 0. The fourth-order valence-corrected chi connectivity index (χ4v) is 7.06. The van der Waals surface area contributed by atoms with Crippen molar-refractivity contribution in [3.05, 3.63) is 95.6 Å². The molecular formula is C36H40N6O2S. The Kier molecular flexibility index (Phi) is 9.45. The Morgan fingerprint density at radius 2 is 1.73 bits per heavy atom. The van der Waals surface area contributed by atoms with E-state index in [9.17, 15) is 9.59 Å². The van der Waals surface area contributed by atoms with Gasteiger partial charge in [-0.1, -0.05) is 91.0 Å². The molecule has 5 aromatic rings. The number of hydrogen-bond acceptors (Lipinski definition) is 6. The van der Waals surface area contributed by atoms with Crippen molar-refractivity contribution >= 4 is 45.6 Å². The Morgan fingerprint density at radius 3 is 2.47 bits per heavy atom. The number of carbonyl (C=O) groups excluding carboxylic acids is 2. The van der Waals surface area contributed by atoms with Crippen molar-refractivity contribution in [1.82, 2.24) is 29.5 Å². The molecule has 0 N–H and O–H groups in total. The number of amides is 2. The monoisotopic (exact) mass is 620 g/mol. The lowest BCUT2D eigenvalue weighted by atomic mass is 9.94. The number of nitrogens with zero attached hydrogens (tertiary/aromatic N) is 6. The first-order valence-corrected chi connectivity index (χ1v) is 16.8. The number of hydrogen-bond donors (Lipinski definition) is 0. The Morgan fingerprint density at radius 1 is 0.978 bits per heavy atom. The standard InChI is InChI=1S/C36H40N6O2S/c1-4-29(28-14-9-6-10-15-28)35(44)41-20-19-40(23-26(41)3)32(43)16-11-21-45-36-37-34-33(38-39-36)30-22-25(2)17-18-31(30)42(34)24-27-12-7-5-8-13-27/h5-10,12-15,17-18,22,26,29H,4,11,16,19-21,23-24H2,1-3H3. The smallest absolute Gasteiger partial charge is 0.230 e. The van der Waals surface area contributed by atoms with Gasteiger partial charge in [0.2, 0.25) is 17.0 Å². The number of carbonyl (C=O) groups is 2. The minimum absolute atomic E-state index is 0.0139. The van der Waals surface area contributed by atoms with E-state index >= 15 is 0 Å². The number of thioether (sulfide) groups is 1. The lowest BCUT2D eigenvalue weighted by Gasteiger charge is -2.41. The summed E-state index contributed by atoms with van der Waals surface area (Å²) in [5, 5.41) is 10.7. The maximum Gasteiger partial charge on any atom is 0.230 e. The van der Waals surface area contributed by atoms with Crippen LogP contribution >= 0.6 is 11.8 Å². The second-order valence-electron chi connectivity index (χ2n) is 11.9. The molecule has 2 unspecified atom stereocenters. The molecular weight excluding hydrogens is 581 g/mol. The number of fused-ring (bicyclic) bond motifs is 3. The van der Waals surface area contributed by atoms with Crippen molar-refractivity contribution in [2.24, 2.45) is 0 Å².